The van der Waals surface area contributed by atoms with Gasteiger partial charge in [0.15, 0.2) is 0 Å². The van der Waals surface area contributed by atoms with Gasteiger partial charge in [0.05, 0.1) is 6.10 Å². The van der Waals surface area contributed by atoms with Crippen LogP contribution in [0.4, 0.5) is 0 Å². The molecule has 0 saturated heterocycles. The van der Waals surface area contributed by atoms with Crippen LogP contribution in [0.5, 0.6) is 0 Å². The molecule has 2 atom stereocenters. The van der Waals surface area contributed by atoms with Gasteiger partial charge in [0.25, 0.3) is 0 Å². The highest BCUT2D eigenvalue weighted by Gasteiger charge is 2.29. The fourth-order valence-electron chi connectivity index (χ4n) is 2.31. The normalized spacial score (nSPS) is 29.5. The van der Waals surface area contributed by atoms with Crippen LogP contribution in [-0.2, 0) is 0 Å². The highest BCUT2D eigenvalue weighted by atomic mass is 16.3. The first-order valence-electron chi connectivity index (χ1n) is 5.51. The Hall–Kier alpha value is -0.0800. The minimum atomic E-state index is -0.115. The average Bonchev–Trinajstić information content (AvgIpc) is 2.35. The van der Waals surface area contributed by atoms with Gasteiger partial charge in [0.1, 0.15) is 0 Å². The topological polar surface area (TPSA) is 32.3 Å². The Bertz CT molecular complexity index is 156. The van der Waals surface area contributed by atoms with E-state index in [9.17, 15) is 5.11 Å². The Morgan fingerprint density at radius 1 is 1.38 bits per heavy atom. The van der Waals surface area contributed by atoms with Crippen molar-refractivity contribution in [3.05, 3.63) is 0 Å². The van der Waals surface area contributed by atoms with E-state index >= 15 is 0 Å². The molecule has 2 nitrogen and oxygen atoms in total. The predicted octanol–water partition coefficient (Wildman–Crippen LogP) is 2.07. The van der Waals surface area contributed by atoms with Crippen LogP contribution in [0, 0.1) is 0 Å². The molecular formula is C11H23NO. The van der Waals surface area contributed by atoms with Crippen molar-refractivity contribution in [3.8, 4) is 0 Å². The summed E-state index contributed by atoms with van der Waals surface area (Å²) in [4.78, 5) is 0. The summed E-state index contributed by atoms with van der Waals surface area (Å²) >= 11 is 0. The SMILES string of the molecule is CCCC(C)(C)N[C@@H]1CCC[C@H]1O. The molecule has 0 amide bonds. The number of aliphatic hydroxyl groups is 1. The number of nitrogens with one attached hydrogen (secondary N) is 1. The minimum absolute atomic E-state index is 0.115. The lowest BCUT2D eigenvalue weighted by atomic mass is 9.97. The fourth-order valence-corrected chi connectivity index (χ4v) is 2.31. The lowest BCUT2D eigenvalue weighted by Gasteiger charge is -2.31. The van der Waals surface area contributed by atoms with Crippen LogP contribution >= 0.6 is 0 Å². The molecule has 0 radical (unpaired) electrons. The molecule has 0 aliphatic heterocycles. The summed E-state index contributed by atoms with van der Waals surface area (Å²) in [5, 5.41) is 13.2. The van der Waals surface area contributed by atoms with Crippen LogP contribution in [-0.4, -0.2) is 22.8 Å². The highest BCUT2D eigenvalue weighted by Crippen LogP contribution is 2.22. The van der Waals surface area contributed by atoms with Crippen molar-refractivity contribution >= 4 is 0 Å². The van der Waals surface area contributed by atoms with Crippen molar-refractivity contribution in [1.82, 2.24) is 5.32 Å². The van der Waals surface area contributed by atoms with Crippen molar-refractivity contribution in [2.75, 3.05) is 0 Å². The van der Waals surface area contributed by atoms with Crippen LogP contribution in [0.15, 0.2) is 0 Å². The second-order valence-electron chi connectivity index (χ2n) is 4.88. The molecule has 0 bridgehead atoms. The van der Waals surface area contributed by atoms with Gasteiger partial charge in [-0.25, -0.2) is 0 Å². The predicted molar refractivity (Wildman–Crippen MR) is 55.8 cm³/mol. The molecule has 2 N–H and O–H groups in total. The summed E-state index contributed by atoms with van der Waals surface area (Å²) in [6.07, 6.45) is 5.53. The van der Waals surface area contributed by atoms with E-state index in [1.807, 2.05) is 0 Å². The van der Waals surface area contributed by atoms with Gasteiger partial charge < -0.3 is 10.4 Å². The average molecular weight is 185 g/mol. The summed E-state index contributed by atoms with van der Waals surface area (Å²) in [6.45, 7) is 6.65. The van der Waals surface area contributed by atoms with E-state index in [1.165, 1.54) is 19.3 Å². The molecule has 78 valence electrons. The van der Waals surface area contributed by atoms with E-state index in [4.69, 9.17) is 0 Å². The fraction of sp³-hybridized carbons (Fsp3) is 1.00. The minimum Gasteiger partial charge on any atom is -0.392 e. The largest absolute Gasteiger partial charge is 0.392 e. The molecule has 0 aromatic rings. The van der Waals surface area contributed by atoms with Gasteiger partial charge in [-0.05, 0) is 39.5 Å². The first-order chi connectivity index (χ1) is 6.05. The van der Waals surface area contributed by atoms with E-state index in [-0.39, 0.29) is 11.6 Å². The van der Waals surface area contributed by atoms with Crippen molar-refractivity contribution in [2.24, 2.45) is 0 Å². The Morgan fingerprint density at radius 2 is 2.08 bits per heavy atom. The third-order valence-corrected chi connectivity index (χ3v) is 2.93. The quantitative estimate of drug-likeness (QED) is 0.702. The third-order valence-electron chi connectivity index (χ3n) is 2.93. The molecule has 1 saturated carbocycles. The van der Waals surface area contributed by atoms with Gasteiger partial charge in [-0.15, -0.1) is 0 Å². The highest BCUT2D eigenvalue weighted by molar-refractivity contribution is 4.89. The van der Waals surface area contributed by atoms with E-state index in [0.717, 1.165) is 12.8 Å². The molecule has 0 spiro atoms. The standard InChI is InChI=1S/C11H23NO/c1-4-8-11(2,3)12-9-6-5-7-10(9)13/h9-10,12-13H,4-8H2,1-3H3/t9-,10-/m1/s1. The molecule has 1 rings (SSSR count). The van der Waals surface area contributed by atoms with Crippen molar-refractivity contribution in [3.63, 3.8) is 0 Å². The molecule has 0 aromatic heterocycles. The Labute approximate surface area is 81.7 Å². The van der Waals surface area contributed by atoms with Crippen LogP contribution in [0.1, 0.15) is 52.9 Å². The number of aliphatic hydroxyl groups excluding tert-OH is 1. The maximum absolute atomic E-state index is 9.66. The molecule has 0 unspecified atom stereocenters. The van der Waals surface area contributed by atoms with Crippen molar-refractivity contribution in [2.45, 2.75) is 70.6 Å². The second kappa shape index (κ2) is 4.43. The molecule has 2 heteroatoms. The zero-order valence-corrected chi connectivity index (χ0v) is 9.14. The molecule has 13 heavy (non-hydrogen) atoms. The van der Waals surface area contributed by atoms with Crippen LogP contribution in [0.2, 0.25) is 0 Å². The van der Waals surface area contributed by atoms with Crippen LogP contribution in [0.25, 0.3) is 0 Å². The molecular weight excluding hydrogens is 162 g/mol. The summed E-state index contributed by atoms with van der Waals surface area (Å²) in [7, 11) is 0. The lowest BCUT2D eigenvalue weighted by Crippen LogP contribution is -2.48. The maximum atomic E-state index is 9.66. The first kappa shape index (κ1) is 11.0. The molecule has 0 heterocycles. The van der Waals surface area contributed by atoms with Crippen LogP contribution < -0.4 is 5.32 Å². The number of hydrogen-bond donors (Lipinski definition) is 2. The summed E-state index contributed by atoms with van der Waals surface area (Å²) < 4.78 is 0. The smallest absolute Gasteiger partial charge is 0.0693 e. The molecule has 1 aliphatic carbocycles. The van der Waals surface area contributed by atoms with E-state index in [0.29, 0.717) is 6.04 Å². The van der Waals surface area contributed by atoms with Gasteiger partial charge in [-0.3, -0.25) is 0 Å². The molecule has 1 fully saturated rings. The summed E-state index contributed by atoms with van der Waals surface area (Å²) in [5.41, 5.74) is 0.185. The second-order valence-corrected chi connectivity index (χ2v) is 4.88. The van der Waals surface area contributed by atoms with E-state index in [1.54, 1.807) is 0 Å². The van der Waals surface area contributed by atoms with Crippen LogP contribution in [0.3, 0.4) is 0 Å². The first-order valence-corrected chi connectivity index (χ1v) is 5.51. The van der Waals surface area contributed by atoms with E-state index < -0.39 is 0 Å². The zero-order chi connectivity index (χ0) is 9.90. The van der Waals surface area contributed by atoms with Crippen molar-refractivity contribution < 1.29 is 5.11 Å². The third kappa shape index (κ3) is 3.28. The summed E-state index contributed by atoms with van der Waals surface area (Å²) in [6, 6.07) is 0.335. The Kier molecular flexibility index (Phi) is 3.74. The van der Waals surface area contributed by atoms with E-state index in [2.05, 4.69) is 26.1 Å². The maximum Gasteiger partial charge on any atom is 0.0693 e. The van der Waals surface area contributed by atoms with Gasteiger partial charge >= 0.3 is 0 Å². The van der Waals surface area contributed by atoms with Gasteiger partial charge in [0, 0.05) is 11.6 Å². The van der Waals surface area contributed by atoms with Crippen molar-refractivity contribution in [1.29, 1.82) is 0 Å². The van der Waals surface area contributed by atoms with Gasteiger partial charge in [-0.1, -0.05) is 13.3 Å². The molecule has 0 aromatic carbocycles. The number of hydrogen-bond acceptors (Lipinski definition) is 2. The number of rotatable bonds is 4. The Balaban J connectivity index is 2.37. The summed E-state index contributed by atoms with van der Waals surface area (Å²) in [5.74, 6) is 0. The van der Waals surface area contributed by atoms with Gasteiger partial charge in [-0.2, -0.15) is 0 Å². The Morgan fingerprint density at radius 3 is 2.54 bits per heavy atom. The lowest BCUT2D eigenvalue weighted by molar-refractivity contribution is 0.130. The monoisotopic (exact) mass is 185 g/mol. The van der Waals surface area contributed by atoms with Gasteiger partial charge in [0.2, 0.25) is 0 Å². The zero-order valence-electron chi connectivity index (χ0n) is 9.14. The molecule has 1 aliphatic rings.